The lowest BCUT2D eigenvalue weighted by Crippen LogP contribution is -2.28. The Morgan fingerprint density at radius 3 is 2.41 bits per heavy atom. The number of para-hydroxylation sites is 2. The molecule has 1 N–H and O–H groups in total. The third-order valence-corrected chi connectivity index (χ3v) is 5.57. The molecule has 1 heterocycles. The van der Waals surface area contributed by atoms with E-state index in [-0.39, 0.29) is 25.9 Å². The molecule has 0 aliphatic heterocycles. The van der Waals surface area contributed by atoms with E-state index in [1.807, 2.05) is 6.07 Å². The van der Waals surface area contributed by atoms with Gasteiger partial charge in [0.2, 0.25) is 0 Å². The van der Waals surface area contributed by atoms with E-state index in [1.165, 1.54) is 0 Å². The number of hydrogen-bond acceptors (Lipinski definition) is 4. The Bertz CT molecular complexity index is 813. The maximum Gasteiger partial charge on any atom is 0.276 e. The Labute approximate surface area is 178 Å². The van der Waals surface area contributed by atoms with Gasteiger partial charge in [0, 0.05) is 6.54 Å². The number of anilines is 1. The maximum absolute atomic E-state index is 12.6. The first-order chi connectivity index (χ1) is 12.9. The second-order valence-corrected chi connectivity index (χ2v) is 7.01. The van der Waals surface area contributed by atoms with Gasteiger partial charge < -0.3 is 15.0 Å². The van der Waals surface area contributed by atoms with Gasteiger partial charge in [-0.2, -0.15) is 0 Å². The zero-order valence-electron chi connectivity index (χ0n) is 14.9. The summed E-state index contributed by atoms with van der Waals surface area (Å²) in [6.07, 6.45) is 0. The summed E-state index contributed by atoms with van der Waals surface area (Å²) < 4.78 is 5.82. The van der Waals surface area contributed by atoms with E-state index in [4.69, 9.17) is 51.1 Å². The first kappa shape index (κ1) is 22.1. The number of nitrogens with zero attached hydrogens (tertiary/aromatic N) is 2. The van der Waals surface area contributed by atoms with E-state index in [0.717, 1.165) is 19.6 Å². The van der Waals surface area contributed by atoms with Gasteiger partial charge in [0.25, 0.3) is 5.91 Å². The van der Waals surface area contributed by atoms with E-state index < -0.39 is 5.91 Å². The molecule has 1 aromatic heterocycles. The molecule has 1 amide bonds. The number of ether oxygens (including phenoxy) is 1. The van der Waals surface area contributed by atoms with Crippen molar-refractivity contribution in [3.8, 4) is 5.75 Å². The third-order valence-electron chi connectivity index (χ3n) is 3.89. The summed E-state index contributed by atoms with van der Waals surface area (Å²) in [5.41, 5.74) is 0.371. The van der Waals surface area contributed by atoms with Crippen LogP contribution in [0.1, 0.15) is 24.3 Å². The number of carbonyl (C=O) groups excluding carboxylic acids is 1. The van der Waals surface area contributed by atoms with Crippen molar-refractivity contribution in [1.29, 1.82) is 0 Å². The number of nitrogens with one attached hydrogen (secondary N) is 1. The Morgan fingerprint density at radius 2 is 1.74 bits per heavy atom. The van der Waals surface area contributed by atoms with Crippen LogP contribution in [0.25, 0.3) is 0 Å². The van der Waals surface area contributed by atoms with Gasteiger partial charge >= 0.3 is 0 Å². The normalized spacial score (nSPS) is 10.9. The van der Waals surface area contributed by atoms with Crippen LogP contribution in [0.15, 0.2) is 24.3 Å². The second-order valence-electron chi connectivity index (χ2n) is 5.52. The molecule has 1 aromatic carbocycles. The van der Waals surface area contributed by atoms with Crippen LogP contribution in [0, 0.1) is 0 Å². The predicted octanol–water partition coefficient (Wildman–Crippen LogP) is 5.67. The van der Waals surface area contributed by atoms with Gasteiger partial charge in [0.1, 0.15) is 23.2 Å². The fourth-order valence-corrected chi connectivity index (χ4v) is 3.15. The summed E-state index contributed by atoms with van der Waals surface area (Å²) in [5.74, 6) is -0.0273. The zero-order valence-corrected chi connectivity index (χ0v) is 17.9. The van der Waals surface area contributed by atoms with Crippen molar-refractivity contribution in [2.24, 2.45) is 0 Å². The smallest absolute Gasteiger partial charge is 0.276 e. The number of aromatic nitrogens is 1. The highest BCUT2D eigenvalue weighted by molar-refractivity contribution is 6.52. The van der Waals surface area contributed by atoms with Crippen molar-refractivity contribution < 1.29 is 9.53 Å². The number of pyridine rings is 1. The summed E-state index contributed by atoms with van der Waals surface area (Å²) in [7, 11) is 0. The van der Waals surface area contributed by atoms with Crippen LogP contribution < -0.4 is 10.1 Å². The predicted molar refractivity (Wildman–Crippen MR) is 112 cm³/mol. The van der Waals surface area contributed by atoms with Crippen LogP contribution >= 0.6 is 46.4 Å². The molecule has 146 valence electrons. The fraction of sp³-hybridized carbons (Fsp3) is 0.333. The number of hydrogen-bond donors (Lipinski definition) is 1. The van der Waals surface area contributed by atoms with E-state index >= 15 is 0 Å². The average Bonchev–Trinajstić information content (AvgIpc) is 2.67. The highest BCUT2D eigenvalue weighted by atomic mass is 35.5. The molecule has 0 aliphatic carbocycles. The van der Waals surface area contributed by atoms with E-state index in [1.54, 1.807) is 18.2 Å². The van der Waals surface area contributed by atoms with Crippen LogP contribution in [0.4, 0.5) is 5.69 Å². The number of benzene rings is 1. The molecule has 2 aromatic rings. The molecular formula is C18H19Cl4N3O2. The van der Waals surface area contributed by atoms with Gasteiger partial charge in [-0.1, -0.05) is 72.4 Å². The number of carbonyl (C=O) groups is 1. The van der Waals surface area contributed by atoms with Crippen molar-refractivity contribution in [2.45, 2.75) is 13.8 Å². The topological polar surface area (TPSA) is 54.5 Å². The molecule has 0 aliphatic rings. The Morgan fingerprint density at radius 1 is 1.07 bits per heavy atom. The standard InChI is InChI=1S/C18H19Cl4N3O2/c1-3-25(4-2)9-10-27-12-8-6-5-7-11(12)23-18(26)16-14(20)13(19)15(21)17(22)24-16/h5-8H,3-4,9-10H2,1-2H3,(H,23,26). The van der Waals surface area contributed by atoms with Crippen LogP contribution in [-0.4, -0.2) is 42.0 Å². The zero-order chi connectivity index (χ0) is 20.0. The van der Waals surface area contributed by atoms with Crippen molar-refractivity contribution in [3.63, 3.8) is 0 Å². The molecule has 9 heteroatoms. The maximum atomic E-state index is 12.6. The Balaban J connectivity index is 2.15. The molecule has 0 unspecified atom stereocenters. The average molecular weight is 451 g/mol. The van der Waals surface area contributed by atoms with E-state index in [0.29, 0.717) is 18.0 Å². The largest absolute Gasteiger partial charge is 0.490 e. The molecule has 0 spiro atoms. The minimum atomic E-state index is -0.569. The van der Waals surface area contributed by atoms with Crippen molar-refractivity contribution >= 4 is 58.0 Å². The third kappa shape index (κ3) is 5.62. The van der Waals surface area contributed by atoms with Crippen molar-refractivity contribution in [3.05, 3.63) is 50.2 Å². The van der Waals surface area contributed by atoms with Crippen LogP contribution in [-0.2, 0) is 0 Å². The minimum Gasteiger partial charge on any atom is -0.490 e. The first-order valence-corrected chi connectivity index (χ1v) is 9.85. The van der Waals surface area contributed by atoms with Crippen LogP contribution in [0.5, 0.6) is 5.75 Å². The van der Waals surface area contributed by atoms with Crippen molar-refractivity contribution in [2.75, 3.05) is 31.6 Å². The molecule has 0 radical (unpaired) electrons. The summed E-state index contributed by atoms with van der Waals surface area (Å²) >= 11 is 23.9. The summed E-state index contributed by atoms with van der Waals surface area (Å²) in [5, 5.41) is 2.54. The summed E-state index contributed by atoms with van der Waals surface area (Å²) in [6.45, 7) is 7.35. The molecule has 0 saturated heterocycles. The highest BCUT2D eigenvalue weighted by Crippen LogP contribution is 2.36. The Kier molecular flexibility index (Phi) is 8.45. The van der Waals surface area contributed by atoms with Gasteiger partial charge in [0.15, 0.2) is 0 Å². The lowest BCUT2D eigenvalue weighted by Gasteiger charge is -2.19. The van der Waals surface area contributed by atoms with E-state index in [2.05, 4.69) is 29.0 Å². The van der Waals surface area contributed by atoms with Crippen LogP contribution in [0.2, 0.25) is 20.2 Å². The van der Waals surface area contributed by atoms with Gasteiger partial charge in [-0.25, -0.2) is 4.98 Å². The lowest BCUT2D eigenvalue weighted by atomic mass is 10.2. The number of likely N-dealkylation sites (N-methyl/N-ethyl adjacent to an activating group) is 1. The molecule has 0 atom stereocenters. The van der Waals surface area contributed by atoms with Gasteiger partial charge in [0.05, 0.1) is 20.8 Å². The fourth-order valence-electron chi connectivity index (χ4n) is 2.34. The quantitative estimate of drug-likeness (QED) is 0.526. The summed E-state index contributed by atoms with van der Waals surface area (Å²) in [4.78, 5) is 18.8. The number of halogens is 4. The van der Waals surface area contributed by atoms with E-state index in [9.17, 15) is 4.79 Å². The number of amides is 1. The molecule has 0 saturated carbocycles. The summed E-state index contributed by atoms with van der Waals surface area (Å²) in [6, 6.07) is 7.10. The molecule has 0 fully saturated rings. The molecule has 0 bridgehead atoms. The van der Waals surface area contributed by atoms with Gasteiger partial charge in [-0.05, 0) is 25.2 Å². The SMILES string of the molecule is CCN(CC)CCOc1ccccc1NC(=O)c1nc(Cl)c(Cl)c(Cl)c1Cl. The first-order valence-electron chi connectivity index (χ1n) is 8.34. The number of rotatable bonds is 8. The van der Waals surface area contributed by atoms with Crippen LogP contribution in [0.3, 0.4) is 0 Å². The second kappa shape index (κ2) is 10.3. The Hall–Kier alpha value is -1.24. The molecule has 5 nitrogen and oxygen atoms in total. The monoisotopic (exact) mass is 449 g/mol. The molecule has 2 rings (SSSR count). The lowest BCUT2D eigenvalue weighted by molar-refractivity contribution is 0.102. The highest BCUT2D eigenvalue weighted by Gasteiger charge is 2.21. The van der Waals surface area contributed by atoms with Crippen molar-refractivity contribution in [1.82, 2.24) is 9.88 Å². The van der Waals surface area contributed by atoms with Gasteiger partial charge in [-0.15, -0.1) is 0 Å². The molecule has 27 heavy (non-hydrogen) atoms. The van der Waals surface area contributed by atoms with Gasteiger partial charge in [-0.3, -0.25) is 4.79 Å². The minimum absolute atomic E-state index is 0.0000179. The molecular weight excluding hydrogens is 432 g/mol.